The lowest BCUT2D eigenvalue weighted by molar-refractivity contribution is 0.575. The summed E-state index contributed by atoms with van der Waals surface area (Å²) in [6.07, 6.45) is 5.84. The quantitative estimate of drug-likeness (QED) is 0.790. The van der Waals surface area contributed by atoms with Crippen LogP contribution in [-0.4, -0.2) is 18.1 Å². The number of fused-ring (bicyclic) bond motifs is 1. The van der Waals surface area contributed by atoms with Crippen molar-refractivity contribution in [3.63, 3.8) is 0 Å². The minimum absolute atomic E-state index is 1.12. The topological polar surface area (TPSA) is 16.1 Å². The van der Waals surface area contributed by atoms with Gasteiger partial charge in [-0.05, 0) is 42.8 Å². The Kier molecular flexibility index (Phi) is 3.02. The van der Waals surface area contributed by atoms with E-state index in [-0.39, 0.29) is 0 Å². The van der Waals surface area contributed by atoms with E-state index in [4.69, 9.17) is 0 Å². The Balaban J connectivity index is 2.11. The van der Waals surface area contributed by atoms with Crippen molar-refractivity contribution in [2.24, 2.45) is 0 Å². The van der Waals surface area contributed by atoms with Crippen molar-refractivity contribution in [2.45, 2.75) is 19.3 Å². The van der Waals surface area contributed by atoms with Crippen molar-refractivity contribution < 1.29 is 0 Å². The lowest BCUT2D eigenvalue weighted by atomic mass is 10.1. The van der Waals surface area contributed by atoms with Crippen LogP contribution >= 0.6 is 15.9 Å². The van der Waals surface area contributed by atoms with Crippen molar-refractivity contribution in [3.05, 3.63) is 34.9 Å². The van der Waals surface area contributed by atoms with E-state index in [1.807, 2.05) is 6.20 Å². The molecule has 0 saturated carbocycles. The summed E-state index contributed by atoms with van der Waals surface area (Å²) < 4.78 is 1.12. The van der Waals surface area contributed by atoms with Crippen LogP contribution < -0.4 is 4.90 Å². The highest BCUT2D eigenvalue weighted by atomic mass is 79.9. The molecule has 1 aliphatic rings. The van der Waals surface area contributed by atoms with E-state index >= 15 is 0 Å². The van der Waals surface area contributed by atoms with Crippen LogP contribution in [0.1, 0.15) is 19.3 Å². The summed E-state index contributed by atoms with van der Waals surface area (Å²) in [7, 11) is 0. The molecule has 1 aromatic carbocycles. The number of pyridine rings is 1. The maximum Gasteiger partial charge on any atom is 0.136 e. The fourth-order valence-corrected chi connectivity index (χ4v) is 2.84. The molecule has 0 spiro atoms. The molecule has 2 aromatic rings. The number of anilines is 1. The first-order valence-electron chi connectivity index (χ1n) is 6.14. The van der Waals surface area contributed by atoms with Gasteiger partial charge in [-0.2, -0.15) is 0 Å². The van der Waals surface area contributed by atoms with Crippen LogP contribution in [0.5, 0.6) is 0 Å². The molecule has 0 radical (unpaired) electrons. The smallest absolute Gasteiger partial charge is 0.136 e. The molecule has 2 heterocycles. The Morgan fingerprint density at radius 3 is 2.71 bits per heavy atom. The van der Waals surface area contributed by atoms with Gasteiger partial charge in [0.15, 0.2) is 0 Å². The lowest BCUT2D eigenvalue weighted by Gasteiger charge is -2.28. The first kappa shape index (κ1) is 11.0. The SMILES string of the molecule is Brc1ccc2ccnc(N3CCCCC3)c2c1. The summed E-state index contributed by atoms with van der Waals surface area (Å²) in [5.41, 5.74) is 0. The Morgan fingerprint density at radius 2 is 1.88 bits per heavy atom. The van der Waals surface area contributed by atoms with Crippen molar-refractivity contribution in [1.29, 1.82) is 0 Å². The molecule has 3 heteroatoms. The Hall–Kier alpha value is -1.09. The fraction of sp³-hybridized carbons (Fsp3) is 0.357. The second-order valence-electron chi connectivity index (χ2n) is 4.55. The maximum absolute atomic E-state index is 4.58. The van der Waals surface area contributed by atoms with E-state index in [1.54, 1.807) is 0 Å². The van der Waals surface area contributed by atoms with Crippen LogP contribution in [0.15, 0.2) is 34.9 Å². The molecule has 0 N–H and O–H groups in total. The second-order valence-corrected chi connectivity index (χ2v) is 5.46. The van der Waals surface area contributed by atoms with Gasteiger partial charge in [0.05, 0.1) is 0 Å². The molecule has 1 fully saturated rings. The van der Waals surface area contributed by atoms with Gasteiger partial charge in [0.1, 0.15) is 5.82 Å². The second kappa shape index (κ2) is 4.65. The summed E-state index contributed by atoms with van der Waals surface area (Å²) >= 11 is 3.54. The van der Waals surface area contributed by atoms with Gasteiger partial charge in [0.25, 0.3) is 0 Å². The van der Waals surface area contributed by atoms with Crippen LogP contribution in [0.4, 0.5) is 5.82 Å². The zero-order valence-electron chi connectivity index (χ0n) is 9.69. The normalized spacial score (nSPS) is 16.4. The highest BCUT2D eigenvalue weighted by Crippen LogP contribution is 2.28. The standard InChI is InChI=1S/C14H15BrN2/c15-12-5-4-11-6-7-16-14(13(11)10-12)17-8-2-1-3-9-17/h4-7,10H,1-3,8-9H2. The van der Waals surface area contributed by atoms with Gasteiger partial charge in [0.2, 0.25) is 0 Å². The summed E-state index contributed by atoms with van der Waals surface area (Å²) in [6, 6.07) is 8.48. The molecule has 0 bridgehead atoms. The van der Waals surface area contributed by atoms with E-state index in [0.717, 1.165) is 23.4 Å². The van der Waals surface area contributed by atoms with Crippen molar-refractivity contribution >= 4 is 32.5 Å². The minimum Gasteiger partial charge on any atom is -0.356 e. The highest BCUT2D eigenvalue weighted by Gasteiger charge is 2.14. The number of hydrogen-bond acceptors (Lipinski definition) is 2. The van der Waals surface area contributed by atoms with Crippen molar-refractivity contribution in [3.8, 4) is 0 Å². The molecule has 0 unspecified atom stereocenters. The fourth-order valence-electron chi connectivity index (χ4n) is 2.48. The van der Waals surface area contributed by atoms with Gasteiger partial charge in [0, 0.05) is 29.1 Å². The van der Waals surface area contributed by atoms with Crippen LogP contribution in [0.2, 0.25) is 0 Å². The number of rotatable bonds is 1. The summed E-state index contributed by atoms with van der Waals surface area (Å²) in [4.78, 5) is 6.99. The molecule has 1 aliphatic heterocycles. The maximum atomic E-state index is 4.58. The average Bonchev–Trinajstić information content (AvgIpc) is 2.39. The third-order valence-corrected chi connectivity index (χ3v) is 3.86. The molecule has 1 aromatic heterocycles. The molecule has 0 amide bonds. The molecular formula is C14H15BrN2. The highest BCUT2D eigenvalue weighted by molar-refractivity contribution is 9.10. The predicted octanol–water partition coefficient (Wildman–Crippen LogP) is 3.99. The third kappa shape index (κ3) is 2.16. The number of piperidine rings is 1. The molecule has 3 rings (SSSR count). The first-order chi connectivity index (χ1) is 8.34. The molecule has 88 valence electrons. The van der Waals surface area contributed by atoms with Crippen LogP contribution in [-0.2, 0) is 0 Å². The Morgan fingerprint density at radius 1 is 1.06 bits per heavy atom. The summed E-state index contributed by atoms with van der Waals surface area (Å²) in [6.45, 7) is 2.28. The van der Waals surface area contributed by atoms with Gasteiger partial charge in [-0.1, -0.05) is 22.0 Å². The van der Waals surface area contributed by atoms with Crippen LogP contribution in [0.3, 0.4) is 0 Å². The molecule has 1 saturated heterocycles. The van der Waals surface area contributed by atoms with E-state index < -0.39 is 0 Å². The van der Waals surface area contributed by atoms with Crippen LogP contribution in [0, 0.1) is 0 Å². The molecule has 17 heavy (non-hydrogen) atoms. The van der Waals surface area contributed by atoms with Gasteiger partial charge < -0.3 is 4.90 Å². The van der Waals surface area contributed by atoms with E-state index in [0.29, 0.717) is 0 Å². The number of hydrogen-bond donors (Lipinski definition) is 0. The minimum atomic E-state index is 1.12. The summed E-state index contributed by atoms with van der Waals surface area (Å²) in [5.74, 6) is 1.14. The third-order valence-electron chi connectivity index (χ3n) is 3.36. The van der Waals surface area contributed by atoms with E-state index in [1.165, 1.54) is 30.0 Å². The lowest BCUT2D eigenvalue weighted by Crippen LogP contribution is -2.30. The number of aromatic nitrogens is 1. The zero-order valence-corrected chi connectivity index (χ0v) is 11.3. The largest absolute Gasteiger partial charge is 0.356 e. The van der Waals surface area contributed by atoms with Crippen molar-refractivity contribution in [1.82, 2.24) is 4.98 Å². The average molecular weight is 291 g/mol. The molecule has 0 aliphatic carbocycles. The molecule has 2 nitrogen and oxygen atoms in total. The monoisotopic (exact) mass is 290 g/mol. The zero-order chi connectivity index (χ0) is 11.7. The van der Waals surface area contributed by atoms with Gasteiger partial charge in [-0.15, -0.1) is 0 Å². The number of benzene rings is 1. The predicted molar refractivity (Wildman–Crippen MR) is 75.5 cm³/mol. The Bertz CT molecular complexity index is 533. The van der Waals surface area contributed by atoms with Crippen LogP contribution in [0.25, 0.3) is 10.8 Å². The molecule has 0 atom stereocenters. The van der Waals surface area contributed by atoms with Gasteiger partial charge in [-0.25, -0.2) is 4.98 Å². The number of nitrogens with zero attached hydrogens (tertiary/aromatic N) is 2. The van der Waals surface area contributed by atoms with E-state index in [9.17, 15) is 0 Å². The molecular weight excluding hydrogens is 276 g/mol. The number of halogens is 1. The first-order valence-corrected chi connectivity index (χ1v) is 6.93. The van der Waals surface area contributed by atoms with E-state index in [2.05, 4.69) is 50.1 Å². The van der Waals surface area contributed by atoms with Gasteiger partial charge in [-0.3, -0.25) is 0 Å². The van der Waals surface area contributed by atoms with Crippen molar-refractivity contribution in [2.75, 3.05) is 18.0 Å². The van der Waals surface area contributed by atoms with Gasteiger partial charge >= 0.3 is 0 Å². The summed E-state index contributed by atoms with van der Waals surface area (Å²) in [5, 5.41) is 2.52. The Labute approximate surface area is 110 Å².